The molecule has 1 saturated carbocycles. The zero-order valence-corrected chi connectivity index (χ0v) is 12.4. The Morgan fingerprint density at radius 3 is 2.61 bits per heavy atom. The second kappa shape index (κ2) is 5.92. The van der Waals surface area contributed by atoms with E-state index >= 15 is 0 Å². The van der Waals surface area contributed by atoms with Gasteiger partial charge < -0.3 is 14.3 Å². The second-order valence-electron chi connectivity index (χ2n) is 5.44. The molecule has 23 heavy (non-hydrogen) atoms. The minimum absolute atomic E-state index is 0.0992. The highest BCUT2D eigenvalue weighted by Gasteiger charge is 2.37. The van der Waals surface area contributed by atoms with Gasteiger partial charge in [0.2, 0.25) is 5.82 Å². The van der Waals surface area contributed by atoms with Gasteiger partial charge in [-0.3, -0.25) is 8.63 Å². The first kappa shape index (κ1) is 15.9. The van der Waals surface area contributed by atoms with Crippen LogP contribution in [0.25, 0.3) is 5.57 Å². The summed E-state index contributed by atoms with van der Waals surface area (Å²) in [5, 5.41) is 0. The van der Waals surface area contributed by atoms with E-state index in [1.54, 1.807) is 11.1 Å². The van der Waals surface area contributed by atoms with Crippen molar-refractivity contribution in [3.05, 3.63) is 41.6 Å². The van der Waals surface area contributed by atoms with E-state index in [2.05, 4.69) is 11.2 Å². The molecule has 0 radical (unpaired) electrons. The number of benzene rings is 1. The number of hydrogen-bond acceptors (Lipinski definition) is 3. The third kappa shape index (κ3) is 2.83. The molecule has 0 atom stereocenters. The number of ether oxygens (including phenoxy) is 1. The fraction of sp³-hybridized carbons (Fsp3) is 0.333. The summed E-state index contributed by atoms with van der Waals surface area (Å²) in [6.07, 6.45) is 3.34. The van der Waals surface area contributed by atoms with Crippen LogP contribution in [-0.2, 0) is 4.65 Å². The van der Waals surface area contributed by atoms with Crippen molar-refractivity contribution in [1.29, 1.82) is 0 Å². The second-order valence-corrected chi connectivity index (χ2v) is 5.44. The lowest BCUT2D eigenvalue weighted by Crippen LogP contribution is -2.26. The molecule has 0 aromatic heterocycles. The number of anilines is 1. The maximum atomic E-state index is 14.0. The Morgan fingerprint density at radius 1 is 1.35 bits per heavy atom. The first-order valence-electron chi connectivity index (χ1n) is 7.08. The van der Waals surface area contributed by atoms with Gasteiger partial charge in [0.15, 0.2) is 11.6 Å². The van der Waals surface area contributed by atoms with E-state index in [4.69, 9.17) is 4.74 Å². The number of fused-ring (bicyclic) bond motifs is 1. The smallest absolute Gasteiger partial charge is 0.491 e. The third-order valence-electron chi connectivity index (χ3n) is 3.93. The van der Waals surface area contributed by atoms with Gasteiger partial charge in [-0.1, -0.05) is 6.58 Å². The molecular formula is C15H14BF4NO2. The summed E-state index contributed by atoms with van der Waals surface area (Å²) in [5.74, 6) is -2.36. The molecule has 0 unspecified atom stereocenters. The Bertz CT molecular complexity index is 689. The van der Waals surface area contributed by atoms with E-state index in [1.165, 1.54) is 7.11 Å². The molecular weight excluding hydrogens is 313 g/mol. The molecule has 0 bridgehead atoms. The molecule has 122 valence electrons. The van der Waals surface area contributed by atoms with Gasteiger partial charge in [0.25, 0.3) is 0 Å². The molecule has 3 rings (SSSR count). The van der Waals surface area contributed by atoms with Crippen LogP contribution in [0.15, 0.2) is 24.4 Å². The normalized spacial score (nSPS) is 17.0. The summed E-state index contributed by atoms with van der Waals surface area (Å²) in [6, 6.07) is 1.11. The fourth-order valence-electron chi connectivity index (χ4n) is 2.67. The van der Waals surface area contributed by atoms with Gasteiger partial charge in [0, 0.05) is 17.8 Å². The number of methoxy groups -OCH3 is 1. The Hall–Kier alpha value is -1.96. The zero-order chi connectivity index (χ0) is 16.7. The van der Waals surface area contributed by atoms with Crippen LogP contribution in [0, 0.1) is 11.6 Å². The standard InChI is InChI=1S/C15H14BF4NO2/c1-8-9(7-23-16(19)20)6-21(10-3-4-10)14-11(8)5-12(17)13(18)15(14)22-2/h5-6,10H,1,3-4,7H2,2H3. The monoisotopic (exact) mass is 327 g/mol. The molecule has 8 heteroatoms. The third-order valence-corrected chi connectivity index (χ3v) is 3.93. The van der Waals surface area contributed by atoms with Crippen molar-refractivity contribution >= 4 is 18.7 Å². The van der Waals surface area contributed by atoms with Gasteiger partial charge in [-0.05, 0) is 30.1 Å². The van der Waals surface area contributed by atoms with Gasteiger partial charge in [0.1, 0.15) is 0 Å². The van der Waals surface area contributed by atoms with E-state index in [1.807, 2.05) is 0 Å². The van der Waals surface area contributed by atoms with Crippen molar-refractivity contribution < 1.29 is 26.8 Å². The average molecular weight is 327 g/mol. The molecule has 2 aliphatic rings. The van der Waals surface area contributed by atoms with Crippen LogP contribution in [0.5, 0.6) is 5.75 Å². The van der Waals surface area contributed by atoms with Crippen LogP contribution in [0.3, 0.4) is 0 Å². The van der Waals surface area contributed by atoms with Crippen molar-refractivity contribution in [3.63, 3.8) is 0 Å². The summed E-state index contributed by atoms with van der Waals surface area (Å²) in [6.45, 7) is 3.45. The van der Waals surface area contributed by atoms with Crippen molar-refractivity contribution in [2.75, 3.05) is 18.6 Å². The number of nitrogens with zero attached hydrogens (tertiary/aromatic N) is 1. The summed E-state index contributed by atoms with van der Waals surface area (Å²) in [7, 11) is -1.66. The molecule has 1 aliphatic heterocycles. The van der Waals surface area contributed by atoms with E-state index in [0.717, 1.165) is 18.9 Å². The van der Waals surface area contributed by atoms with E-state index in [9.17, 15) is 17.4 Å². The number of halogens is 4. The molecule has 1 aliphatic carbocycles. The van der Waals surface area contributed by atoms with Gasteiger partial charge in [0.05, 0.1) is 19.4 Å². The Labute approximate surface area is 131 Å². The molecule has 1 aromatic rings. The predicted octanol–water partition coefficient (Wildman–Crippen LogP) is 3.79. The number of rotatable bonds is 5. The Balaban J connectivity index is 2.09. The molecule has 0 amide bonds. The van der Waals surface area contributed by atoms with Crippen LogP contribution in [0.2, 0.25) is 0 Å². The van der Waals surface area contributed by atoms with Crippen LogP contribution >= 0.6 is 0 Å². The lowest BCUT2D eigenvalue weighted by atomic mass is 9.93. The topological polar surface area (TPSA) is 21.7 Å². The quantitative estimate of drug-likeness (QED) is 0.607. The lowest BCUT2D eigenvalue weighted by molar-refractivity contribution is 0.283. The molecule has 0 N–H and O–H groups in total. The Kier molecular flexibility index (Phi) is 4.10. The Morgan fingerprint density at radius 2 is 2.04 bits per heavy atom. The van der Waals surface area contributed by atoms with Crippen LogP contribution < -0.4 is 9.64 Å². The highest BCUT2D eigenvalue weighted by molar-refractivity contribution is 6.34. The van der Waals surface area contributed by atoms with Gasteiger partial charge in [-0.2, -0.15) is 4.39 Å². The van der Waals surface area contributed by atoms with E-state index < -0.39 is 19.1 Å². The van der Waals surface area contributed by atoms with Crippen molar-refractivity contribution in [1.82, 2.24) is 0 Å². The number of hydrogen-bond donors (Lipinski definition) is 0. The lowest BCUT2D eigenvalue weighted by Gasteiger charge is -2.32. The van der Waals surface area contributed by atoms with Crippen LogP contribution in [0.1, 0.15) is 18.4 Å². The summed E-state index contributed by atoms with van der Waals surface area (Å²) in [5.41, 5.74) is 1.41. The molecule has 0 spiro atoms. The fourth-order valence-corrected chi connectivity index (χ4v) is 2.67. The maximum absolute atomic E-state index is 14.0. The van der Waals surface area contributed by atoms with Crippen molar-refractivity contribution in [2.45, 2.75) is 18.9 Å². The first-order chi connectivity index (χ1) is 10.9. The highest BCUT2D eigenvalue weighted by atomic mass is 19.2. The molecule has 1 heterocycles. The molecule has 3 nitrogen and oxygen atoms in total. The van der Waals surface area contributed by atoms with Gasteiger partial charge in [-0.25, -0.2) is 4.39 Å². The van der Waals surface area contributed by atoms with Crippen molar-refractivity contribution in [2.24, 2.45) is 0 Å². The van der Waals surface area contributed by atoms with E-state index in [-0.39, 0.29) is 18.4 Å². The minimum atomic E-state index is -2.92. The summed E-state index contributed by atoms with van der Waals surface area (Å²) in [4.78, 5) is 1.73. The van der Waals surface area contributed by atoms with Crippen LogP contribution in [-0.4, -0.2) is 27.2 Å². The molecule has 1 fully saturated rings. The van der Waals surface area contributed by atoms with Gasteiger partial charge >= 0.3 is 7.47 Å². The molecule has 1 aromatic carbocycles. The predicted molar refractivity (Wildman–Crippen MR) is 79.5 cm³/mol. The molecule has 0 saturated heterocycles. The van der Waals surface area contributed by atoms with Crippen LogP contribution in [0.4, 0.5) is 23.1 Å². The van der Waals surface area contributed by atoms with Crippen molar-refractivity contribution in [3.8, 4) is 5.75 Å². The average Bonchev–Trinajstić information content (AvgIpc) is 3.33. The SMILES string of the molecule is C=C1C(COB(F)F)=CN(C2CC2)c2c1cc(F)c(F)c2OC. The first-order valence-corrected chi connectivity index (χ1v) is 7.08. The maximum Gasteiger partial charge on any atom is 0.721 e. The largest absolute Gasteiger partial charge is 0.721 e. The van der Waals surface area contributed by atoms with Gasteiger partial charge in [-0.15, -0.1) is 0 Å². The zero-order valence-electron chi connectivity index (χ0n) is 12.4. The van der Waals surface area contributed by atoms with E-state index in [0.29, 0.717) is 22.4 Å². The summed E-state index contributed by atoms with van der Waals surface area (Å²) < 4.78 is 61.8. The summed E-state index contributed by atoms with van der Waals surface area (Å²) >= 11 is 0. The minimum Gasteiger partial charge on any atom is -0.491 e. The highest BCUT2D eigenvalue weighted by Crippen LogP contribution is 2.48.